The van der Waals surface area contributed by atoms with Crippen LogP contribution in [0.4, 0.5) is 4.39 Å². The Labute approximate surface area is 130 Å². The van der Waals surface area contributed by atoms with Gasteiger partial charge in [-0.2, -0.15) is 0 Å². The quantitative estimate of drug-likeness (QED) is 0.899. The lowest BCUT2D eigenvalue weighted by Gasteiger charge is -2.57. The van der Waals surface area contributed by atoms with Crippen molar-refractivity contribution in [3.8, 4) is 0 Å². The predicted octanol–water partition coefficient (Wildman–Crippen LogP) is 2.80. The second-order valence-corrected chi connectivity index (χ2v) is 7.11. The third kappa shape index (κ3) is 2.12. The first-order valence-corrected chi connectivity index (χ1v) is 8.50. The van der Waals surface area contributed by atoms with Crippen LogP contribution >= 0.6 is 0 Å². The number of rotatable bonds is 4. The molecule has 0 radical (unpaired) electrons. The number of halogens is 1. The molecule has 4 atom stereocenters. The molecule has 4 heteroatoms. The fourth-order valence-electron chi connectivity index (χ4n) is 5.10. The molecule has 0 aromatic heterocycles. The van der Waals surface area contributed by atoms with Gasteiger partial charge in [0.25, 0.3) is 0 Å². The highest BCUT2D eigenvalue weighted by Gasteiger charge is 2.64. The minimum Gasteiger partial charge on any atom is -0.387 e. The summed E-state index contributed by atoms with van der Waals surface area (Å²) in [7, 11) is 0. The van der Waals surface area contributed by atoms with Gasteiger partial charge in [0.15, 0.2) is 0 Å². The van der Waals surface area contributed by atoms with Crippen LogP contribution in [0.5, 0.6) is 0 Å². The summed E-state index contributed by atoms with van der Waals surface area (Å²) in [5.41, 5.74) is 0.657. The third-order valence-electron chi connectivity index (χ3n) is 6.08. The third-order valence-corrected chi connectivity index (χ3v) is 6.08. The van der Waals surface area contributed by atoms with E-state index in [1.165, 1.54) is 31.7 Å². The molecule has 1 aromatic carbocycles. The topological polar surface area (TPSA) is 41.5 Å². The summed E-state index contributed by atoms with van der Waals surface area (Å²) in [6, 6.07) is 6.91. The molecular weight excluding hydrogens is 281 g/mol. The first kappa shape index (κ1) is 14.6. The van der Waals surface area contributed by atoms with Crippen molar-refractivity contribution in [1.82, 2.24) is 5.32 Å². The van der Waals surface area contributed by atoms with E-state index in [4.69, 9.17) is 4.74 Å². The van der Waals surface area contributed by atoms with Crippen LogP contribution in [0.25, 0.3) is 0 Å². The minimum absolute atomic E-state index is 0.274. The second kappa shape index (κ2) is 5.59. The molecule has 1 spiro atoms. The fraction of sp³-hybridized carbons (Fsp3) is 0.667. The molecule has 0 bridgehead atoms. The zero-order valence-electron chi connectivity index (χ0n) is 12.8. The van der Waals surface area contributed by atoms with Crippen LogP contribution < -0.4 is 5.32 Å². The lowest BCUT2D eigenvalue weighted by molar-refractivity contribution is -0.132. The molecule has 0 amide bonds. The van der Waals surface area contributed by atoms with Crippen LogP contribution in [-0.2, 0) is 4.74 Å². The Bertz CT molecular complexity index is 544. The van der Waals surface area contributed by atoms with Gasteiger partial charge in [-0.15, -0.1) is 0 Å². The molecule has 3 nitrogen and oxygen atoms in total. The van der Waals surface area contributed by atoms with Gasteiger partial charge in [0.1, 0.15) is 5.82 Å². The van der Waals surface area contributed by atoms with Gasteiger partial charge in [0, 0.05) is 36.1 Å². The van der Waals surface area contributed by atoms with E-state index < -0.39 is 6.10 Å². The van der Waals surface area contributed by atoms with Crippen molar-refractivity contribution >= 4 is 0 Å². The zero-order valence-corrected chi connectivity index (χ0v) is 12.8. The largest absolute Gasteiger partial charge is 0.387 e. The summed E-state index contributed by atoms with van der Waals surface area (Å²) >= 11 is 0. The molecule has 1 heterocycles. The molecule has 2 saturated carbocycles. The van der Waals surface area contributed by atoms with Gasteiger partial charge in [-0.1, -0.05) is 31.0 Å². The summed E-state index contributed by atoms with van der Waals surface area (Å²) < 4.78 is 19.7. The maximum atomic E-state index is 13.8. The van der Waals surface area contributed by atoms with Crippen LogP contribution in [0, 0.1) is 17.2 Å². The van der Waals surface area contributed by atoms with E-state index in [1.54, 1.807) is 18.2 Å². The van der Waals surface area contributed by atoms with Crippen molar-refractivity contribution in [2.45, 2.75) is 50.4 Å². The average Bonchev–Trinajstić information content (AvgIpc) is 3.15. The Morgan fingerprint density at radius 3 is 2.86 bits per heavy atom. The van der Waals surface area contributed by atoms with Crippen LogP contribution in [0.1, 0.15) is 43.8 Å². The summed E-state index contributed by atoms with van der Waals surface area (Å²) in [5, 5.41) is 13.9. The highest BCUT2D eigenvalue weighted by molar-refractivity contribution is 5.21. The van der Waals surface area contributed by atoms with Crippen molar-refractivity contribution in [2.24, 2.45) is 11.3 Å². The highest BCUT2D eigenvalue weighted by Crippen LogP contribution is 2.60. The summed E-state index contributed by atoms with van der Waals surface area (Å²) in [6.45, 7) is 1.28. The van der Waals surface area contributed by atoms with Crippen molar-refractivity contribution in [3.63, 3.8) is 0 Å². The lowest BCUT2D eigenvalue weighted by Crippen LogP contribution is -2.67. The standard InChI is InChI=1S/C18H24FNO2/c19-14-6-2-1-5-12(14)15(21)11-20-16-13-7-10-22-17(13)18(16)8-3-4-9-18/h1-2,5-6,13,15-17,20-21H,3-4,7-11H2. The molecule has 3 fully saturated rings. The van der Waals surface area contributed by atoms with E-state index in [2.05, 4.69) is 5.32 Å². The van der Waals surface area contributed by atoms with Gasteiger partial charge in [-0.25, -0.2) is 4.39 Å². The molecule has 4 rings (SSSR count). The van der Waals surface area contributed by atoms with Crippen LogP contribution in [0.15, 0.2) is 24.3 Å². The van der Waals surface area contributed by atoms with Crippen molar-refractivity contribution in [2.75, 3.05) is 13.2 Å². The van der Waals surface area contributed by atoms with Gasteiger partial charge < -0.3 is 15.2 Å². The smallest absolute Gasteiger partial charge is 0.129 e. The second-order valence-electron chi connectivity index (χ2n) is 7.11. The van der Waals surface area contributed by atoms with Gasteiger partial charge in [-0.05, 0) is 25.3 Å². The normalized spacial score (nSPS) is 33.6. The molecule has 2 N–H and O–H groups in total. The van der Waals surface area contributed by atoms with E-state index in [0.717, 1.165) is 13.0 Å². The Morgan fingerprint density at radius 2 is 2.09 bits per heavy atom. The highest BCUT2D eigenvalue weighted by atomic mass is 19.1. The van der Waals surface area contributed by atoms with Crippen molar-refractivity contribution in [3.05, 3.63) is 35.6 Å². The molecule has 3 aliphatic rings. The predicted molar refractivity (Wildman–Crippen MR) is 81.9 cm³/mol. The van der Waals surface area contributed by atoms with Crippen LogP contribution in [0.3, 0.4) is 0 Å². The molecule has 1 saturated heterocycles. The zero-order chi connectivity index (χ0) is 15.2. The van der Waals surface area contributed by atoms with Crippen molar-refractivity contribution < 1.29 is 14.2 Å². The minimum atomic E-state index is -0.791. The average molecular weight is 305 g/mol. The van der Waals surface area contributed by atoms with Crippen molar-refractivity contribution in [1.29, 1.82) is 0 Å². The van der Waals surface area contributed by atoms with E-state index >= 15 is 0 Å². The molecule has 1 aromatic rings. The Kier molecular flexibility index (Phi) is 3.71. The number of aliphatic hydroxyl groups is 1. The number of nitrogens with one attached hydrogen (secondary N) is 1. The SMILES string of the molecule is OC(CNC1C2CCOC2C12CCCC2)c1ccccc1F. The first-order valence-electron chi connectivity index (χ1n) is 8.50. The Morgan fingerprint density at radius 1 is 1.32 bits per heavy atom. The number of fused-ring (bicyclic) bond motifs is 2. The van der Waals surface area contributed by atoms with E-state index in [0.29, 0.717) is 30.2 Å². The molecule has 120 valence electrons. The molecule has 4 unspecified atom stereocenters. The first-order chi connectivity index (χ1) is 10.7. The van der Waals surface area contributed by atoms with Gasteiger partial charge in [0.05, 0.1) is 12.2 Å². The molecular formula is C18H24FNO2. The van der Waals surface area contributed by atoms with E-state index in [-0.39, 0.29) is 11.2 Å². The maximum absolute atomic E-state index is 13.8. The van der Waals surface area contributed by atoms with Gasteiger partial charge in [-0.3, -0.25) is 0 Å². The van der Waals surface area contributed by atoms with E-state index in [1.807, 2.05) is 0 Å². The molecule has 2 aliphatic carbocycles. The van der Waals surface area contributed by atoms with Gasteiger partial charge in [0.2, 0.25) is 0 Å². The number of benzene rings is 1. The number of aliphatic hydroxyl groups excluding tert-OH is 1. The summed E-state index contributed by atoms with van der Waals surface area (Å²) in [6.07, 6.45) is 5.74. The maximum Gasteiger partial charge on any atom is 0.129 e. The monoisotopic (exact) mass is 305 g/mol. The Balaban J connectivity index is 1.44. The fourth-order valence-corrected chi connectivity index (χ4v) is 5.10. The molecule has 1 aliphatic heterocycles. The lowest BCUT2D eigenvalue weighted by atomic mass is 9.54. The number of hydrogen-bond acceptors (Lipinski definition) is 3. The molecule has 22 heavy (non-hydrogen) atoms. The van der Waals surface area contributed by atoms with Crippen LogP contribution in [-0.4, -0.2) is 30.4 Å². The number of ether oxygens (including phenoxy) is 1. The van der Waals surface area contributed by atoms with Crippen LogP contribution in [0.2, 0.25) is 0 Å². The number of hydrogen-bond donors (Lipinski definition) is 2. The summed E-state index contributed by atoms with van der Waals surface area (Å²) in [4.78, 5) is 0. The van der Waals surface area contributed by atoms with E-state index in [9.17, 15) is 9.50 Å². The van der Waals surface area contributed by atoms with Gasteiger partial charge >= 0.3 is 0 Å². The summed E-state index contributed by atoms with van der Waals surface area (Å²) in [5.74, 6) is 0.244. The Hall–Kier alpha value is -0.970.